The van der Waals surface area contributed by atoms with Crippen LogP contribution in [0.15, 0.2) is 48.5 Å². The predicted molar refractivity (Wildman–Crippen MR) is 109 cm³/mol. The van der Waals surface area contributed by atoms with Crippen LogP contribution in [0.2, 0.25) is 5.02 Å². The van der Waals surface area contributed by atoms with Crippen molar-refractivity contribution in [3.05, 3.63) is 70.2 Å². The summed E-state index contributed by atoms with van der Waals surface area (Å²) in [6.07, 6.45) is 1.29. The quantitative estimate of drug-likeness (QED) is 0.865. The first-order valence-corrected chi connectivity index (χ1v) is 10.0. The maximum absolute atomic E-state index is 12.9. The fraction of sp³-hybridized carbons (Fsp3) is 0.364. The zero-order valence-corrected chi connectivity index (χ0v) is 16.7. The van der Waals surface area contributed by atoms with Crippen LogP contribution in [0.3, 0.4) is 0 Å². The second-order valence-electron chi connectivity index (χ2n) is 7.63. The molecule has 2 aliphatic heterocycles. The Morgan fingerprint density at radius 1 is 1.11 bits per heavy atom. The Kier molecular flexibility index (Phi) is 5.13. The highest BCUT2D eigenvalue weighted by atomic mass is 35.5. The summed E-state index contributed by atoms with van der Waals surface area (Å²) in [6.45, 7) is 4.33. The summed E-state index contributed by atoms with van der Waals surface area (Å²) in [7, 11) is 0. The standard InChI is InChI=1S/C22H24ClN3O2/c1-16-4-2-3-5-19(16)20(27)25-12-10-22(11-13-25)21(28)24-15-26(22)14-17-6-8-18(23)9-7-17/h2-9H,10-15H2,1H3,(H,24,28). The van der Waals surface area contributed by atoms with Crippen LogP contribution in [0.4, 0.5) is 0 Å². The SMILES string of the molecule is Cc1ccccc1C(=O)N1CCC2(CC1)C(=O)NCN2Cc1ccc(Cl)cc1. The number of hydrogen-bond donors (Lipinski definition) is 1. The van der Waals surface area contributed by atoms with Gasteiger partial charge >= 0.3 is 0 Å². The monoisotopic (exact) mass is 397 g/mol. The molecule has 0 bridgehead atoms. The van der Waals surface area contributed by atoms with E-state index in [1.54, 1.807) is 0 Å². The number of piperidine rings is 1. The van der Waals surface area contributed by atoms with Crippen LogP contribution in [0, 0.1) is 6.92 Å². The Bertz CT molecular complexity index is 889. The van der Waals surface area contributed by atoms with Crippen LogP contribution in [-0.2, 0) is 11.3 Å². The minimum atomic E-state index is -0.540. The van der Waals surface area contributed by atoms with Gasteiger partial charge in [-0.1, -0.05) is 41.9 Å². The second-order valence-corrected chi connectivity index (χ2v) is 8.06. The van der Waals surface area contributed by atoms with Crippen molar-refractivity contribution in [2.45, 2.75) is 31.8 Å². The molecule has 5 nitrogen and oxygen atoms in total. The number of hydrogen-bond acceptors (Lipinski definition) is 3. The summed E-state index contributed by atoms with van der Waals surface area (Å²) < 4.78 is 0. The van der Waals surface area contributed by atoms with E-state index in [0.717, 1.165) is 16.7 Å². The van der Waals surface area contributed by atoms with E-state index in [1.807, 2.05) is 60.4 Å². The lowest BCUT2D eigenvalue weighted by molar-refractivity contribution is -0.129. The number of nitrogens with one attached hydrogen (secondary N) is 1. The third-order valence-electron chi connectivity index (χ3n) is 6.00. The molecule has 2 aromatic carbocycles. The molecule has 28 heavy (non-hydrogen) atoms. The molecule has 0 saturated carbocycles. The van der Waals surface area contributed by atoms with E-state index in [1.165, 1.54) is 0 Å². The first kappa shape index (κ1) is 19.0. The van der Waals surface area contributed by atoms with Crippen molar-refractivity contribution in [3.8, 4) is 0 Å². The fourth-order valence-electron chi connectivity index (χ4n) is 4.25. The van der Waals surface area contributed by atoms with Gasteiger partial charge in [0.05, 0.1) is 6.67 Å². The molecule has 1 N–H and O–H groups in total. The molecule has 2 fully saturated rings. The average Bonchev–Trinajstić information content (AvgIpc) is 2.99. The van der Waals surface area contributed by atoms with Crippen LogP contribution in [0.5, 0.6) is 0 Å². The van der Waals surface area contributed by atoms with Gasteiger partial charge in [-0.05, 0) is 49.1 Å². The molecule has 0 unspecified atom stereocenters. The molecule has 0 aliphatic carbocycles. The first-order chi connectivity index (χ1) is 13.5. The highest BCUT2D eigenvalue weighted by molar-refractivity contribution is 6.30. The number of carbonyl (C=O) groups is 2. The van der Waals surface area contributed by atoms with Crippen molar-refractivity contribution >= 4 is 23.4 Å². The van der Waals surface area contributed by atoms with Gasteiger partial charge in [-0.15, -0.1) is 0 Å². The summed E-state index contributed by atoms with van der Waals surface area (Å²) in [4.78, 5) is 29.7. The number of amides is 2. The lowest BCUT2D eigenvalue weighted by atomic mass is 9.85. The molecule has 0 aromatic heterocycles. The first-order valence-electron chi connectivity index (χ1n) is 9.62. The Morgan fingerprint density at radius 3 is 2.46 bits per heavy atom. The fourth-order valence-corrected chi connectivity index (χ4v) is 4.38. The molecule has 146 valence electrons. The summed E-state index contributed by atoms with van der Waals surface area (Å²) in [5, 5.41) is 3.71. The molecule has 0 radical (unpaired) electrons. The minimum absolute atomic E-state index is 0.0515. The van der Waals surface area contributed by atoms with Gasteiger partial charge in [0, 0.05) is 30.2 Å². The maximum atomic E-state index is 12.9. The number of benzene rings is 2. The molecule has 2 aromatic rings. The summed E-state index contributed by atoms with van der Waals surface area (Å²) in [6, 6.07) is 15.4. The van der Waals surface area contributed by atoms with Gasteiger partial charge in [0.25, 0.3) is 5.91 Å². The smallest absolute Gasteiger partial charge is 0.254 e. The van der Waals surface area contributed by atoms with Gasteiger partial charge in [0.15, 0.2) is 0 Å². The number of nitrogens with zero attached hydrogens (tertiary/aromatic N) is 2. The van der Waals surface area contributed by atoms with Crippen molar-refractivity contribution in [2.24, 2.45) is 0 Å². The summed E-state index contributed by atoms with van der Waals surface area (Å²) >= 11 is 5.98. The van der Waals surface area contributed by atoms with Crippen LogP contribution in [-0.4, -0.2) is 46.9 Å². The van der Waals surface area contributed by atoms with E-state index < -0.39 is 5.54 Å². The van der Waals surface area contributed by atoms with Crippen LogP contribution < -0.4 is 5.32 Å². The summed E-state index contributed by atoms with van der Waals surface area (Å²) in [5.41, 5.74) is 2.31. The highest BCUT2D eigenvalue weighted by Gasteiger charge is 2.50. The molecule has 2 heterocycles. The second kappa shape index (κ2) is 7.57. The van der Waals surface area contributed by atoms with Crippen molar-refractivity contribution in [1.82, 2.24) is 15.1 Å². The van der Waals surface area contributed by atoms with Gasteiger partial charge in [-0.3, -0.25) is 14.5 Å². The topological polar surface area (TPSA) is 52.7 Å². The molecule has 2 amide bonds. The zero-order valence-electron chi connectivity index (χ0n) is 16.0. The molecule has 6 heteroatoms. The lowest BCUT2D eigenvalue weighted by Gasteiger charge is -2.42. The highest BCUT2D eigenvalue weighted by Crippen LogP contribution is 2.34. The molecular formula is C22H24ClN3O2. The third kappa shape index (κ3) is 3.40. The Balaban J connectivity index is 1.48. The Hall–Kier alpha value is -2.37. The van der Waals surface area contributed by atoms with E-state index in [4.69, 9.17) is 11.6 Å². The average molecular weight is 398 g/mol. The minimum Gasteiger partial charge on any atom is -0.342 e. The van der Waals surface area contributed by atoms with E-state index in [2.05, 4.69) is 10.2 Å². The third-order valence-corrected chi connectivity index (χ3v) is 6.25. The molecule has 4 rings (SSSR count). The number of carbonyl (C=O) groups excluding carboxylic acids is 2. The number of aryl methyl sites for hydroxylation is 1. The molecular weight excluding hydrogens is 374 g/mol. The molecule has 2 saturated heterocycles. The maximum Gasteiger partial charge on any atom is 0.254 e. The zero-order chi connectivity index (χ0) is 19.7. The van der Waals surface area contributed by atoms with Crippen molar-refractivity contribution in [3.63, 3.8) is 0 Å². The Morgan fingerprint density at radius 2 is 1.79 bits per heavy atom. The van der Waals surface area contributed by atoms with E-state index >= 15 is 0 Å². The number of likely N-dealkylation sites (tertiary alicyclic amines) is 1. The summed E-state index contributed by atoms with van der Waals surface area (Å²) in [5.74, 6) is 0.125. The predicted octanol–water partition coefficient (Wildman–Crippen LogP) is 3.21. The van der Waals surface area contributed by atoms with Crippen LogP contribution >= 0.6 is 11.6 Å². The van der Waals surface area contributed by atoms with E-state index in [-0.39, 0.29) is 11.8 Å². The van der Waals surface area contributed by atoms with Gasteiger partial charge in [0.2, 0.25) is 5.91 Å². The van der Waals surface area contributed by atoms with Crippen LogP contribution in [0.1, 0.15) is 34.3 Å². The van der Waals surface area contributed by atoms with Gasteiger partial charge in [-0.2, -0.15) is 0 Å². The van der Waals surface area contributed by atoms with Crippen LogP contribution in [0.25, 0.3) is 0 Å². The van der Waals surface area contributed by atoms with E-state index in [9.17, 15) is 9.59 Å². The number of rotatable bonds is 3. The van der Waals surface area contributed by atoms with Gasteiger partial charge in [-0.25, -0.2) is 0 Å². The largest absolute Gasteiger partial charge is 0.342 e. The van der Waals surface area contributed by atoms with Crippen molar-refractivity contribution in [1.29, 1.82) is 0 Å². The van der Waals surface area contributed by atoms with E-state index in [0.29, 0.717) is 44.2 Å². The molecule has 2 aliphatic rings. The Labute approximate surface area is 170 Å². The van der Waals surface area contributed by atoms with Gasteiger partial charge in [0.1, 0.15) is 5.54 Å². The number of halogens is 1. The molecule has 0 atom stereocenters. The van der Waals surface area contributed by atoms with Gasteiger partial charge < -0.3 is 10.2 Å². The molecule has 1 spiro atoms. The lowest BCUT2D eigenvalue weighted by Crippen LogP contribution is -2.56. The van der Waals surface area contributed by atoms with Crippen molar-refractivity contribution in [2.75, 3.05) is 19.8 Å². The normalized spacial score (nSPS) is 19.1. The van der Waals surface area contributed by atoms with Crippen molar-refractivity contribution < 1.29 is 9.59 Å².